The molecule has 132 valence electrons. The number of amides is 1. The zero-order valence-corrected chi connectivity index (χ0v) is 16.0. The van der Waals surface area contributed by atoms with Crippen LogP contribution in [-0.2, 0) is 11.8 Å². The number of aryl methyl sites for hydroxylation is 2. The second-order valence-corrected chi connectivity index (χ2v) is 7.96. The van der Waals surface area contributed by atoms with E-state index in [1.807, 2.05) is 36.9 Å². The number of para-hydroxylation sites is 1. The SMILES string of the molecule is Cc1nn(C)c(Cl)c1C=CC(=O)Nc1ccccc1SC1CCCC1. The molecule has 4 nitrogen and oxygen atoms in total. The van der Waals surface area contributed by atoms with E-state index in [0.29, 0.717) is 10.4 Å². The van der Waals surface area contributed by atoms with E-state index in [4.69, 9.17) is 11.6 Å². The van der Waals surface area contributed by atoms with Crippen molar-refractivity contribution < 1.29 is 4.79 Å². The summed E-state index contributed by atoms with van der Waals surface area (Å²) in [4.78, 5) is 13.5. The van der Waals surface area contributed by atoms with E-state index in [9.17, 15) is 4.79 Å². The first-order valence-corrected chi connectivity index (χ1v) is 9.74. The lowest BCUT2D eigenvalue weighted by Crippen LogP contribution is -2.09. The number of rotatable bonds is 5. The van der Waals surface area contributed by atoms with E-state index in [1.54, 1.807) is 17.8 Å². The zero-order chi connectivity index (χ0) is 17.8. The van der Waals surface area contributed by atoms with Crippen molar-refractivity contribution in [1.82, 2.24) is 9.78 Å². The summed E-state index contributed by atoms with van der Waals surface area (Å²) in [6.45, 7) is 1.87. The summed E-state index contributed by atoms with van der Waals surface area (Å²) >= 11 is 8.06. The smallest absolute Gasteiger partial charge is 0.248 e. The maximum Gasteiger partial charge on any atom is 0.248 e. The third-order valence-electron chi connectivity index (χ3n) is 4.34. The molecule has 0 bridgehead atoms. The predicted octanol–water partition coefficient (Wildman–Crippen LogP) is 5.07. The maximum absolute atomic E-state index is 12.3. The van der Waals surface area contributed by atoms with Gasteiger partial charge in [-0.05, 0) is 38.0 Å². The highest BCUT2D eigenvalue weighted by molar-refractivity contribution is 8.00. The minimum absolute atomic E-state index is 0.168. The summed E-state index contributed by atoms with van der Waals surface area (Å²) in [5.74, 6) is -0.168. The number of nitrogens with zero attached hydrogens (tertiary/aromatic N) is 2. The van der Waals surface area contributed by atoms with Crippen LogP contribution < -0.4 is 5.32 Å². The largest absolute Gasteiger partial charge is 0.321 e. The summed E-state index contributed by atoms with van der Waals surface area (Å²) in [7, 11) is 1.78. The molecule has 1 fully saturated rings. The minimum atomic E-state index is -0.168. The Labute approximate surface area is 157 Å². The molecule has 1 aromatic heterocycles. The molecule has 0 saturated heterocycles. The van der Waals surface area contributed by atoms with Crippen LogP contribution in [0.5, 0.6) is 0 Å². The van der Waals surface area contributed by atoms with Gasteiger partial charge in [0.05, 0.1) is 11.4 Å². The third-order valence-corrected chi connectivity index (χ3v) is 6.20. The van der Waals surface area contributed by atoms with Gasteiger partial charge >= 0.3 is 0 Å². The van der Waals surface area contributed by atoms with Crippen molar-refractivity contribution in [1.29, 1.82) is 0 Å². The molecular weight excluding hydrogens is 354 g/mol. The number of anilines is 1. The van der Waals surface area contributed by atoms with Gasteiger partial charge in [-0.1, -0.05) is 36.6 Å². The van der Waals surface area contributed by atoms with Gasteiger partial charge in [-0.25, -0.2) is 0 Å². The first-order chi connectivity index (χ1) is 12.0. The summed E-state index contributed by atoms with van der Waals surface area (Å²) in [5.41, 5.74) is 2.43. The van der Waals surface area contributed by atoms with E-state index < -0.39 is 0 Å². The summed E-state index contributed by atoms with van der Waals surface area (Å²) < 4.78 is 1.60. The first kappa shape index (κ1) is 18.1. The van der Waals surface area contributed by atoms with Crippen molar-refractivity contribution in [2.75, 3.05) is 5.32 Å². The number of thioether (sulfide) groups is 1. The van der Waals surface area contributed by atoms with Gasteiger partial charge in [0.15, 0.2) is 0 Å². The maximum atomic E-state index is 12.3. The molecule has 1 aromatic carbocycles. The van der Waals surface area contributed by atoms with Crippen LogP contribution in [0, 0.1) is 6.92 Å². The number of benzene rings is 1. The number of hydrogen-bond acceptors (Lipinski definition) is 3. The van der Waals surface area contributed by atoms with Crippen molar-refractivity contribution >= 4 is 41.0 Å². The van der Waals surface area contributed by atoms with Crippen LogP contribution in [-0.4, -0.2) is 20.9 Å². The highest BCUT2D eigenvalue weighted by Gasteiger charge is 2.18. The molecule has 0 unspecified atom stereocenters. The van der Waals surface area contributed by atoms with E-state index in [-0.39, 0.29) is 5.91 Å². The molecule has 0 aliphatic heterocycles. The van der Waals surface area contributed by atoms with Crippen LogP contribution in [0.25, 0.3) is 6.08 Å². The molecule has 0 radical (unpaired) electrons. The molecule has 6 heteroatoms. The lowest BCUT2D eigenvalue weighted by Gasteiger charge is -2.13. The van der Waals surface area contributed by atoms with E-state index in [0.717, 1.165) is 21.8 Å². The van der Waals surface area contributed by atoms with Gasteiger partial charge in [0.2, 0.25) is 5.91 Å². The molecule has 1 amide bonds. The molecule has 0 spiro atoms. The lowest BCUT2D eigenvalue weighted by molar-refractivity contribution is -0.111. The third kappa shape index (κ3) is 4.47. The molecule has 1 N–H and O–H groups in total. The zero-order valence-electron chi connectivity index (χ0n) is 14.5. The van der Waals surface area contributed by atoms with Crippen LogP contribution in [0.2, 0.25) is 5.15 Å². The standard InChI is InChI=1S/C19H22ClN3OS/c1-13-15(19(20)23(2)22-13)11-12-18(24)21-16-9-5-6-10-17(16)25-14-7-3-4-8-14/h5-6,9-12,14H,3-4,7-8H2,1-2H3,(H,21,24). The van der Waals surface area contributed by atoms with Gasteiger partial charge < -0.3 is 5.32 Å². The summed E-state index contributed by atoms with van der Waals surface area (Å²) in [5, 5.41) is 8.41. The van der Waals surface area contributed by atoms with Gasteiger partial charge in [0.1, 0.15) is 5.15 Å². The molecule has 1 saturated carbocycles. The summed E-state index contributed by atoms with van der Waals surface area (Å²) in [6.07, 6.45) is 8.34. The predicted molar refractivity (Wildman–Crippen MR) is 105 cm³/mol. The minimum Gasteiger partial charge on any atom is -0.321 e. The van der Waals surface area contributed by atoms with Crippen LogP contribution in [0.4, 0.5) is 5.69 Å². The van der Waals surface area contributed by atoms with Crippen LogP contribution in [0.15, 0.2) is 35.2 Å². The Morgan fingerprint density at radius 3 is 2.76 bits per heavy atom. The summed E-state index contributed by atoms with van der Waals surface area (Å²) in [6, 6.07) is 7.98. The number of hydrogen-bond donors (Lipinski definition) is 1. The van der Waals surface area contributed by atoms with Gasteiger partial charge in [0.25, 0.3) is 0 Å². The second kappa shape index (κ2) is 8.11. The number of aromatic nitrogens is 2. The van der Waals surface area contributed by atoms with Gasteiger partial charge in [0, 0.05) is 28.8 Å². The first-order valence-electron chi connectivity index (χ1n) is 8.48. The van der Waals surface area contributed by atoms with Crippen molar-refractivity contribution in [3.63, 3.8) is 0 Å². The van der Waals surface area contributed by atoms with Gasteiger partial charge in [-0.3, -0.25) is 9.48 Å². The molecule has 1 heterocycles. The average molecular weight is 376 g/mol. The average Bonchev–Trinajstić information content (AvgIpc) is 3.17. The molecule has 2 aromatic rings. The fourth-order valence-electron chi connectivity index (χ4n) is 3.03. The van der Waals surface area contributed by atoms with E-state index in [2.05, 4.69) is 16.5 Å². The monoisotopic (exact) mass is 375 g/mol. The number of halogens is 1. The van der Waals surface area contributed by atoms with E-state index >= 15 is 0 Å². The highest BCUT2D eigenvalue weighted by Crippen LogP contribution is 2.38. The number of nitrogens with one attached hydrogen (secondary N) is 1. The Bertz CT molecular complexity index is 794. The molecule has 25 heavy (non-hydrogen) atoms. The number of carbonyl (C=O) groups is 1. The van der Waals surface area contributed by atoms with Crippen molar-refractivity contribution in [2.45, 2.75) is 42.8 Å². The van der Waals surface area contributed by atoms with Gasteiger partial charge in [-0.2, -0.15) is 5.10 Å². The van der Waals surface area contributed by atoms with Crippen molar-refractivity contribution in [3.8, 4) is 0 Å². The van der Waals surface area contributed by atoms with Crippen LogP contribution in [0.1, 0.15) is 36.9 Å². The highest BCUT2D eigenvalue weighted by atomic mass is 35.5. The fraction of sp³-hybridized carbons (Fsp3) is 0.368. The van der Waals surface area contributed by atoms with Crippen molar-refractivity contribution in [3.05, 3.63) is 46.8 Å². The van der Waals surface area contributed by atoms with E-state index in [1.165, 1.54) is 31.8 Å². The Hall–Kier alpha value is -1.72. The lowest BCUT2D eigenvalue weighted by atomic mass is 10.2. The Kier molecular flexibility index (Phi) is 5.86. The Morgan fingerprint density at radius 2 is 2.08 bits per heavy atom. The quantitative estimate of drug-likeness (QED) is 0.742. The molecular formula is C19H22ClN3OS. The molecule has 3 rings (SSSR count). The second-order valence-electron chi connectivity index (χ2n) is 6.26. The Morgan fingerprint density at radius 1 is 1.36 bits per heavy atom. The molecule has 1 aliphatic carbocycles. The normalized spacial score (nSPS) is 15.2. The topological polar surface area (TPSA) is 46.9 Å². The van der Waals surface area contributed by atoms with Crippen LogP contribution >= 0.6 is 23.4 Å². The molecule has 0 atom stereocenters. The van der Waals surface area contributed by atoms with Crippen LogP contribution in [0.3, 0.4) is 0 Å². The van der Waals surface area contributed by atoms with Gasteiger partial charge in [-0.15, -0.1) is 11.8 Å². The molecule has 1 aliphatic rings. The number of carbonyl (C=O) groups excluding carboxylic acids is 1. The fourth-order valence-corrected chi connectivity index (χ4v) is 4.60. The van der Waals surface area contributed by atoms with Crippen molar-refractivity contribution in [2.24, 2.45) is 7.05 Å². The Balaban J connectivity index is 1.69.